The second-order valence-corrected chi connectivity index (χ2v) is 6.01. The summed E-state index contributed by atoms with van der Waals surface area (Å²) in [5.41, 5.74) is 1.12. The van der Waals surface area contributed by atoms with Crippen LogP contribution in [0.25, 0.3) is 0 Å². The highest BCUT2D eigenvalue weighted by Gasteiger charge is 2.16. The van der Waals surface area contributed by atoms with Gasteiger partial charge in [0.2, 0.25) is 0 Å². The van der Waals surface area contributed by atoms with E-state index in [9.17, 15) is 5.11 Å². The minimum absolute atomic E-state index is 0.0143. The van der Waals surface area contributed by atoms with E-state index < -0.39 is 0 Å². The van der Waals surface area contributed by atoms with E-state index in [1.165, 1.54) is 9.77 Å². The van der Waals surface area contributed by atoms with Crippen molar-refractivity contribution in [2.24, 2.45) is 0 Å². The summed E-state index contributed by atoms with van der Waals surface area (Å²) in [6, 6.07) is 12.5. The Morgan fingerprint density at radius 2 is 2.06 bits per heavy atom. The highest BCUT2D eigenvalue weighted by molar-refractivity contribution is 7.98. The summed E-state index contributed by atoms with van der Waals surface area (Å²) in [7, 11) is 0. The molecule has 1 heterocycles. The molecule has 94 valence electrons. The van der Waals surface area contributed by atoms with Crippen molar-refractivity contribution in [1.82, 2.24) is 0 Å². The van der Waals surface area contributed by atoms with Crippen molar-refractivity contribution < 1.29 is 5.11 Å². The van der Waals surface area contributed by atoms with Gasteiger partial charge in [-0.3, -0.25) is 0 Å². The number of thiophene rings is 1. The van der Waals surface area contributed by atoms with E-state index in [1.807, 2.05) is 6.07 Å². The number of rotatable bonds is 5. The number of aliphatic hydroxyl groups is 1. The largest absolute Gasteiger partial charge is 0.512 e. The molecule has 0 radical (unpaired) electrons. The summed E-state index contributed by atoms with van der Waals surface area (Å²) in [5, 5.41) is 11.9. The van der Waals surface area contributed by atoms with Crippen LogP contribution < -0.4 is 0 Å². The predicted octanol–water partition coefficient (Wildman–Crippen LogP) is 4.87. The summed E-state index contributed by atoms with van der Waals surface area (Å²) < 4.78 is 0. The van der Waals surface area contributed by atoms with Crippen molar-refractivity contribution >= 4 is 23.1 Å². The van der Waals surface area contributed by atoms with Gasteiger partial charge in [0, 0.05) is 15.7 Å². The molecule has 1 unspecified atom stereocenters. The molecule has 0 bridgehead atoms. The third-order valence-electron chi connectivity index (χ3n) is 2.91. The van der Waals surface area contributed by atoms with Gasteiger partial charge in [0.25, 0.3) is 0 Å². The molecule has 0 aliphatic carbocycles. The number of allylic oxidation sites excluding steroid dienone is 1. The Balaban J connectivity index is 2.21. The lowest BCUT2D eigenvalue weighted by atomic mass is 9.93. The molecule has 0 saturated heterocycles. The summed E-state index contributed by atoms with van der Waals surface area (Å²) >= 11 is 3.43. The van der Waals surface area contributed by atoms with Crippen LogP contribution >= 0.6 is 23.1 Å². The Labute approximate surface area is 116 Å². The van der Waals surface area contributed by atoms with Crippen LogP contribution in [-0.2, 0) is 6.42 Å². The first-order valence-corrected chi connectivity index (χ1v) is 7.85. The fraction of sp³-hybridized carbons (Fsp3) is 0.200. The zero-order valence-corrected chi connectivity index (χ0v) is 11.9. The molecule has 3 heteroatoms. The quantitative estimate of drug-likeness (QED) is 0.621. The summed E-state index contributed by atoms with van der Waals surface area (Å²) in [4.78, 5) is 2.50. The number of hydrogen-bond acceptors (Lipinski definition) is 3. The van der Waals surface area contributed by atoms with Crippen LogP contribution in [0.3, 0.4) is 0 Å². The topological polar surface area (TPSA) is 20.2 Å². The normalized spacial score (nSPS) is 12.3. The zero-order valence-electron chi connectivity index (χ0n) is 10.3. The van der Waals surface area contributed by atoms with Crippen LogP contribution in [-0.4, -0.2) is 11.4 Å². The van der Waals surface area contributed by atoms with E-state index in [2.05, 4.69) is 48.5 Å². The first-order chi connectivity index (χ1) is 8.70. The van der Waals surface area contributed by atoms with Crippen molar-refractivity contribution in [3.63, 3.8) is 0 Å². The zero-order chi connectivity index (χ0) is 13.0. The fourth-order valence-electron chi connectivity index (χ4n) is 1.89. The molecule has 1 nitrogen and oxygen atoms in total. The van der Waals surface area contributed by atoms with Gasteiger partial charge in [-0.1, -0.05) is 24.8 Å². The van der Waals surface area contributed by atoms with E-state index in [1.54, 1.807) is 23.1 Å². The third-order valence-corrected chi connectivity index (χ3v) is 4.55. The van der Waals surface area contributed by atoms with Crippen molar-refractivity contribution in [1.29, 1.82) is 0 Å². The van der Waals surface area contributed by atoms with E-state index >= 15 is 0 Å². The third kappa shape index (κ3) is 3.18. The highest BCUT2D eigenvalue weighted by Crippen LogP contribution is 2.29. The maximum Gasteiger partial charge on any atom is 0.0929 e. The smallest absolute Gasteiger partial charge is 0.0929 e. The average molecular weight is 276 g/mol. The molecule has 1 N–H and O–H groups in total. The maximum atomic E-state index is 9.80. The molecule has 0 aliphatic heterocycles. The summed E-state index contributed by atoms with van der Waals surface area (Å²) in [6.45, 7) is 3.71. The minimum atomic E-state index is -0.0143. The van der Waals surface area contributed by atoms with E-state index in [0.29, 0.717) is 0 Å². The fourth-order valence-corrected chi connectivity index (χ4v) is 3.05. The number of thioether (sulfide) groups is 1. The summed E-state index contributed by atoms with van der Waals surface area (Å²) in [5.74, 6) is 0.222. The van der Waals surface area contributed by atoms with E-state index in [0.717, 1.165) is 12.0 Å². The molecular formula is C15H16OS2. The highest BCUT2D eigenvalue weighted by atomic mass is 32.2. The van der Waals surface area contributed by atoms with Crippen LogP contribution in [0.15, 0.2) is 59.0 Å². The lowest BCUT2D eigenvalue weighted by Gasteiger charge is -2.15. The molecule has 0 amide bonds. The standard InChI is InChI=1S/C15H16OS2/c1-11(16)15(10-14-4-3-9-18-14)12-5-7-13(17-2)8-6-12/h3-9,15-16H,1,10H2,2H3. The first-order valence-electron chi connectivity index (χ1n) is 5.75. The Bertz CT molecular complexity index is 500. The van der Waals surface area contributed by atoms with Gasteiger partial charge in [-0.25, -0.2) is 0 Å². The van der Waals surface area contributed by atoms with Gasteiger partial charge in [-0.2, -0.15) is 0 Å². The molecule has 2 aromatic rings. The number of benzene rings is 1. The molecule has 0 aliphatic rings. The first kappa shape index (κ1) is 13.2. The molecule has 1 atom stereocenters. The van der Waals surface area contributed by atoms with Crippen LogP contribution in [0.2, 0.25) is 0 Å². The molecule has 0 spiro atoms. The number of hydrogen-bond donors (Lipinski definition) is 1. The second-order valence-electron chi connectivity index (χ2n) is 4.10. The van der Waals surface area contributed by atoms with Crippen LogP contribution in [0, 0.1) is 0 Å². The SMILES string of the molecule is C=C(O)C(Cc1cccs1)c1ccc(SC)cc1. The maximum absolute atomic E-state index is 9.80. The average Bonchev–Trinajstić information content (AvgIpc) is 2.89. The van der Waals surface area contributed by atoms with Gasteiger partial charge >= 0.3 is 0 Å². The van der Waals surface area contributed by atoms with Crippen LogP contribution in [0.5, 0.6) is 0 Å². The van der Waals surface area contributed by atoms with Gasteiger partial charge in [-0.15, -0.1) is 23.1 Å². The van der Waals surface area contributed by atoms with Crippen LogP contribution in [0.1, 0.15) is 16.4 Å². The van der Waals surface area contributed by atoms with Gasteiger partial charge in [0.1, 0.15) is 0 Å². The minimum Gasteiger partial charge on any atom is -0.512 e. The lowest BCUT2D eigenvalue weighted by molar-refractivity contribution is 0.369. The molecule has 18 heavy (non-hydrogen) atoms. The van der Waals surface area contributed by atoms with Crippen molar-refractivity contribution in [2.45, 2.75) is 17.2 Å². The van der Waals surface area contributed by atoms with Gasteiger partial charge in [0.15, 0.2) is 0 Å². The van der Waals surface area contributed by atoms with Crippen molar-refractivity contribution in [2.75, 3.05) is 6.26 Å². The van der Waals surface area contributed by atoms with Gasteiger partial charge in [-0.05, 0) is 41.8 Å². The Kier molecular flexibility index (Phi) is 4.50. The Hall–Kier alpha value is -1.19. The molecule has 1 aromatic heterocycles. The number of aliphatic hydroxyl groups excluding tert-OH is 1. The predicted molar refractivity (Wildman–Crippen MR) is 80.8 cm³/mol. The van der Waals surface area contributed by atoms with E-state index in [4.69, 9.17) is 0 Å². The molecule has 0 fully saturated rings. The molecule has 2 rings (SSSR count). The van der Waals surface area contributed by atoms with Crippen molar-refractivity contribution in [3.05, 3.63) is 64.6 Å². The lowest BCUT2D eigenvalue weighted by Crippen LogP contribution is -2.04. The monoisotopic (exact) mass is 276 g/mol. The summed E-state index contributed by atoms with van der Waals surface area (Å²) in [6.07, 6.45) is 2.87. The Morgan fingerprint density at radius 3 is 2.56 bits per heavy atom. The molecular weight excluding hydrogens is 260 g/mol. The second kappa shape index (κ2) is 6.12. The molecule has 1 aromatic carbocycles. The van der Waals surface area contributed by atoms with E-state index in [-0.39, 0.29) is 11.7 Å². The van der Waals surface area contributed by atoms with Crippen molar-refractivity contribution in [3.8, 4) is 0 Å². The van der Waals surface area contributed by atoms with Crippen LogP contribution in [0.4, 0.5) is 0 Å². The molecule has 0 saturated carbocycles. The van der Waals surface area contributed by atoms with Gasteiger partial charge in [0.05, 0.1) is 5.76 Å². The van der Waals surface area contributed by atoms with Gasteiger partial charge < -0.3 is 5.11 Å². The Morgan fingerprint density at radius 1 is 1.33 bits per heavy atom.